The summed E-state index contributed by atoms with van der Waals surface area (Å²) in [5.41, 5.74) is 0.696. The molecule has 0 radical (unpaired) electrons. The van der Waals surface area contributed by atoms with Gasteiger partial charge >= 0.3 is 0 Å². The second-order valence-corrected chi connectivity index (χ2v) is 2.49. The van der Waals surface area contributed by atoms with Gasteiger partial charge in [-0.15, -0.1) is 0 Å². The summed E-state index contributed by atoms with van der Waals surface area (Å²) >= 11 is 0. The van der Waals surface area contributed by atoms with Crippen LogP contribution < -0.4 is 0 Å². The van der Waals surface area contributed by atoms with Gasteiger partial charge in [-0.1, -0.05) is 19.4 Å². The number of rotatable bonds is 5. The molecule has 0 aromatic carbocycles. The van der Waals surface area contributed by atoms with E-state index in [9.17, 15) is 0 Å². The summed E-state index contributed by atoms with van der Waals surface area (Å²) in [4.78, 5) is 0. The molecule has 0 amide bonds. The van der Waals surface area contributed by atoms with E-state index in [1.807, 2.05) is 13.0 Å². The highest BCUT2D eigenvalue weighted by Crippen LogP contribution is 2.05. The maximum atomic E-state index is 8.71. The van der Waals surface area contributed by atoms with Crippen molar-refractivity contribution in [1.29, 1.82) is 0 Å². The standard InChI is InChI=1S/C8H16O3/c1-2-3-4-7(6-9)5-8(10)11/h4,8-11H,2-3,5-6H2,1H3. The van der Waals surface area contributed by atoms with Crippen molar-refractivity contribution in [3.05, 3.63) is 11.6 Å². The smallest absolute Gasteiger partial charge is 0.155 e. The fraction of sp³-hybridized carbons (Fsp3) is 0.750. The lowest BCUT2D eigenvalue weighted by Gasteiger charge is -2.05. The molecule has 11 heavy (non-hydrogen) atoms. The average Bonchev–Trinajstić information content (AvgIpc) is 1.97. The maximum absolute atomic E-state index is 8.71. The van der Waals surface area contributed by atoms with Gasteiger partial charge in [0.2, 0.25) is 0 Å². The van der Waals surface area contributed by atoms with E-state index in [0.29, 0.717) is 5.57 Å². The van der Waals surface area contributed by atoms with Crippen molar-refractivity contribution in [2.24, 2.45) is 0 Å². The molecule has 0 aromatic rings. The molecule has 0 fully saturated rings. The topological polar surface area (TPSA) is 60.7 Å². The van der Waals surface area contributed by atoms with E-state index in [1.165, 1.54) is 0 Å². The van der Waals surface area contributed by atoms with E-state index < -0.39 is 6.29 Å². The first-order valence-electron chi connectivity index (χ1n) is 3.85. The summed E-state index contributed by atoms with van der Waals surface area (Å²) in [5.74, 6) is 0. The van der Waals surface area contributed by atoms with E-state index >= 15 is 0 Å². The summed E-state index contributed by atoms with van der Waals surface area (Å²) in [6.07, 6.45) is 2.54. The molecule has 0 saturated heterocycles. The second-order valence-electron chi connectivity index (χ2n) is 2.49. The minimum absolute atomic E-state index is 0.0857. The quantitative estimate of drug-likeness (QED) is 0.403. The Morgan fingerprint density at radius 2 is 2.09 bits per heavy atom. The molecule has 0 aliphatic heterocycles. The predicted octanol–water partition coefficient (Wildman–Crippen LogP) is 0.406. The van der Waals surface area contributed by atoms with Crippen LogP contribution in [-0.2, 0) is 0 Å². The van der Waals surface area contributed by atoms with E-state index in [4.69, 9.17) is 15.3 Å². The van der Waals surface area contributed by atoms with Gasteiger partial charge in [-0.2, -0.15) is 0 Å². The second kappa shape index (κ2) is 6.34. The number of unbranched alkanes of at least 4 members (excludes halogenated alkanes) is 1. The molecule has 0 atom stereocenters. The highest BCUT2D eigenvalue weighted by Gasteiger charge is 2.01. The molecule has 0 aliphatic carbocycles. The van der Waals surface area contributed by atoms with Crippen LogP contribution >= 0.6 is 0 Å². The Morgan fingerprint density at radius 3 is 2.45 bits per heavy atom. The molecule has 0 aliphatic rings. The highest BCUT2D eigenvalue weighted by molar-refractivity contribution is 5.02. The first kappa shape index (κ1) is 10.6. The minimum Gasteiger partial charge on any atom is -0.392 e. The normalized spacial score (nSPS) is 12.6. The van der Waals surface area contributed by atoms with E-state index in [1.54, 1.807) is 0 Å². The summed E-state index contributed by atoms with van der Waals surface area (Å²) < 4.78 is 0. The van der Waals surface area contributed by atoms with Crippen molar-refractivity contribution in [2.75, 3.05) is 6.61 Å². The average molecular weight is 160 g/mol. The van der Waals surface area contributed by atoms with Crippen LogP contribution in [0.5, 0.6) is 0 Å². The molecule has 0 bridgehead atoms. The zero-order valence-electron chi connectivity index (χ0n) is 6.82. The summed E-state index contributed by atoms with van der Waals surface area (Å²) in [6.45, 7) is 1.94. The largest absolute Gasteiger partial charge is 0.392 e. The van der Waals surface area contributed by atoms with Crippen LogP contribution in [0.2, 0.25) is 0 Å². The summed E-state index contributed by atoms with van der Waals surface area (Å²) in [5, 5.41) is 25.8. The van der Waals surface area contributed by atoms with Crippen LogP contribution in [-0.4, -0.2) is 28.2 Å². The van der Waals surface area contributed by atoms with Gasteiger partial charge in [0.15, 0.2) is 6.29 Å². The molecular weight excluding hydrogens is 144 g/mol. The van der Waals surface area contributed by atoms with Crippen molar-refractivity contribution in [3.8, 4) is 0 Å². The molecule has 0 heterocycles. The maximum Gasteiger partial charge on any atom is 0.155 e. The zero-order valence-corrected chi connectivity index (χ0v) is 6.82. The monoisotopic (exact) mass is 160 g/mol. The van der Waals surface area contributed by atoms with Gasteiger partial charge in [0.25, 0.3) is 0 Å². The van der Waals surface area contributed by atoms with Crippen LogP contribution in [0.1, 0.15) is 26.2 Å². The van der Waals surface area contributed by atoms with E-state index in [2.05, 4.69) is 0 Å². The molecule has 0 spiro atoms. The highest BCUT2D eigenvalue weighted by atomic mass is 16.5. The van der Waals surface area contributed by atoms with Crippen molar-refractivity contribution in [3.63, 3.8) is 0 Å². The third-order valence-corrected chi connectivity index (χ3v) is 1.37. The van der Waals surface area contributed by atoms with Crippen LogP contribution in [0.15, 0.2) is 11.6 Å². The first-order valence-corrected chi connectivity index (χ1v) is 3.85. The number of allylic oxidation sites excluding steroid dienone is 1. The first-order chi connectivity index (χ1) is 5.20. The molecule has 3 N–H and O–H groups in total. The third-order valence-electron chi connectivity index (χ3n) is 1.37. The van der Waals surface area contributed by atoms with Crippen molar-refractivity contribution in [1.82, 2.24) is 0 Å². The number of hydrogen-bond donors (Lipinski definition) is 3. The Bertz CT molecular complexity index is 119. The molecule has 0 aromatic heterocycles. The Balaban J connectivity index is 3.73. The number of hydrogen-bond acceptors (Lipinski definition) is 3. The van der Waals surface area contributed by atoms with Crippen LogP contribution in [0.4, 0.5) is 0 Å². The van der Waals surface area contributed by atoms with Gasteiger partial charge in [0.1, 0.15) is 0 Å². The molecule has 0 unspecified atom stereocenters. The molecule has 3 heteroatoms. The lowest BCUT2D eigenvalue weighted by Crippen LogP contribution is -2.07. The van der Waals surface area contributed by atoms with Crippen LogP contribution in [0.3, 0.4) is 0 Å². The van der Waals surface area contributed by atoms with Gasteiger partial charge in [-0.3, -0.25) is 0 Å². The van der Waals surface area contributed by atoms with Gasteiger partial charge in [0, 0.05) is 6.42 Å². The van der Waals surface area contributed by atoms with Gasteiger partial charge in [-0.05, 0) is 12.0 Å². The molecule has 3 nitrogen and oxygen atoms in total. The SMILES string of the molecule is CCCC=C(CO)CC(O)O. The fourth-order valence-corrected chi connectivity index (χ4v) is 0.795. The molecule has 66 valence electrons. The number of aliphatic hydroxyl groups excluding tert-OH is 2. The van der Waals surface area contributed by atoms with Gasteiger partial charge < -0.3 is 15.3 Å². The molecule has 0 rings (SSSR count). The Morgan fingerprint density at radius 1 is 1.45 bits per heavy atom. The lowest BCUT2D eigenvalue weighted by atomic mass is 10.1. The Hall–Kier alpha value is -0.380. The Kier molecular flexibility index (Phi) is 6.12. The minimum atomic E-state index is -1.34. The van der Waals surface area contributed by atoms with Crippen molar-refractivity contribution < 1.29 is 15.3 Å². The van der Waals surface area contributed by atoms with Crippen LogP contribution in [0.25, 0.3) is 0 Å². The fourth-order valence-electron chi connectivity index (χ4n) is 0.795. The zero-order chi connectivity index (χ0) is 8.69. The van der Waals surface area contributed by atoms with Gasteiger partial charge in [-0.25, -0.2) is 0 Å². The summed E-state index contributed by atoms with van der Waals surface area (Å²) in [7, 11) is 0. The lowest BCUT2D eigenvalue weighted by molar-refractivity contribution is -0.0395. The van der Waals surface area contributed by atoms with Gasteiger partial charge in [0.05, 0.1) is 6.61 Å². The predicted molar refractivity (Wildman–Crippen MR) is 42.9 cm³/mol. The number of aliphatic hydroxyl groups is 3. The van der Waals surface area contributed by atoms with E-state index in [0.717, 1.165) is 12.8 Å². The summed E-state index contributed by atoms with van der Waals surface area (Å²) in [6, 6.07) is 0. The van der Waals surface area contributed by atoms with E-state index in [-0.39, 0.29) is 13.0 Å². The van der Waals surface area contributed by atoms with Crippen molar-refractivity contribution >= 4 is 0 Å². The van der Waals surface area contributed by atoms with Crippen LogP contribution in [0, 0.1) is 0 Å². The molecule has 0 saturated carbocycles. The molecular formula is C8H16O3. The third kappa shape index (κ3) is 6.04. The van der Waals surface area contributed by atoms with Crippen molar-refractivity contribution in [2.45, 2.75) is 32.5 Å². The Labute approximate surface area is 67.0 Å².